The van der Waals surface area contributed by atoms with Crippen molar-refractivity contribution in [3.8, 4) is 5.75 Å². The van der Waals surface area contributed by atoms with Gasteiger partial charge in [-0.15, -0.1) is 0 Å². The van der Waals surface area contributed by atoms with Crippen LogP contribution < -0.4 is 10.1 Å². The molecule has 1 fully saturated rings. The standard InChI is InChI=1S/C17H26N2O2/c1-13-6-7-15(16(12-13)21-3)14(2)18-9-8-17(20)19-10-4-5-11-19/h6-7,12,14,18H,4-5,8-11H2,1-3H3. The van der Waals surface area contributed by atoms with Crippen LogP contribution in [-0.2, 0) is 4.79 Å². The lowest BCUT2D eigenvalue weighted by molar-refractivity contribution is -0.130. The van der Waals surface area contributed by atoms with E-state index in [1.54, 1.807) is 7.11 Å². The van der Waals surface area contributed by atoms with E-state index in [0.717, 1.165) is 37.2 Å². The second-order valence-electron chi connectivity index (χ2n) is 5.76. The van der Waals surface area contributed by atoms with Crippen LogP contribution in [0.5, 0.6) is 5.75 Å². The Morgan fingerprint density at radius 1 is 1.38 bits per heavy atom. The Hall–Kier alpha value is -1.55. The Morgan fingerprint density at radius 2 is 2.10 bits per heavy atom. The summed E-state index contributed by atoms with van der Waals surface area (Å²) in [6.07, 6.45) is 2.87. The molecule has 1 heterocycles. The number of nitrogens with one attached hydrogen (secondary N) is 1. The molecule has 0 aliphatic carbocycles. The first kappa shape index (κ1) is 15.8. The second-order valence-corrected chi connectivity index (χ2v) is 5.76. The molecular formula is C17H26N2O2. The highest BCUT2D eigenvalue weighted by Gasteiger charge is 2.18. The van der Waals surface area contributed by atoms with Gasteiger partial charge in [-0.2, -0.15) is 0 Å². The van der Waals surface area contributed by atoms with Crippen molar-refractivity contribution in [3.63, 3.8) is 0 Å². The molecular weight excluding hydrogens is 264 g/mol. The van der Waals surface area contributed by atoms with Crippen LogP contribution in [0.25, 0.3) is 0 Å². The van der Waals surface area contributed by atoms with Crippen LogP contribution in [0.2, 0.25) is 0 Å². The molecule has 0 radical (unpaired) electrons. The summed E-state index contributed by atoms with van der Waals surface area (Å²) in [6, 6.07) is 6.40. The minimum Gasteiger partial charge on any atom is -0.496 e. The summed E-state index contributed by atoms with van der Waals surface area (Å²) < 4.78 is 5.44. The van der Waals surface area contributed by atoms with Gasteiger partial charge in [-0.3, -0.25) is 4.79 Å². The summed E-state index contributed by atoms with van der Waals surface area (Å²) in [5, 5.41) is 3.42. The molecule has 1 saturated heterocycles. The molecule has 4 heteroatoms. The Morgan fingerprint density at radius 3 is 2.76 bits per heavy atom. The van der Waals surface area contributed by atoms with Crippen molar-refractivity contribution in [3.05, 3.63) is 29.3 Å². The monoisotopic (exact) mass is 290 g/mol. The Kier molecular flexibility index (Phi) is 5.62. The van der Waals surface area contributed by atoms with Crippen LogP contribution in [-0.4, -0.2) is 37.6 Å². The van der Waals surface area contributed by atoms with E-state index >= 15 is 0 Å². The van der Waals surface area contributed by atoms with Gasteiger partial charge in [-0.05, 0) is 38.3 Å². The number of likely N-dealkylation sites (tertiary alicyclic amines) is 1. The molecule has 1 aliphatic heterocycles. The molecule has 1 aromatic rings. The van der Waals surface area contributed by atoms with Gasteiger partial charge in [0.05, 0.1) is 7.11 Å². The highest BCUT2D eigenvalue weighted by molar-refractivity contribution is 5.76. The molecule has 0 saturated carbocycles. The average Bonchev–Trinajstić information content (AvgIpc) is 3.01. The van der Waals surface area contributed by atoms with Gasteiger partial charge in [0.25, 0.3) is 0 Å². The van der Waals surface area contributed by atoms with Gasteiger partial charge in [-0.1, -0.05) is 12.1 Å². The van der Waals surface area contributed by atoms with E-state index in [4.69, 9.17) is 4.74 Å². The van der Waals surface area contributed by atoms with Crippen LogP contribution in [0.3, 0.4) is 0 Å². The van der Waals surface area contributed by atoms with Gasteiger partial charge < -0.3 is 15.0 Å². The first-order valence-electron chi connectivity index (χ1n) is 7.77. The number of carbonyl (C=O) groups excluding carboxylic acids is 1. The first-order chi connectivity index (χ1) is 10.1. The number of aryl methyl sites for hydroxylation is 1. The highest BCUT2D eigenvalue weighted by Crippen LogP contribution is 2.26. The van der Waals surface area contributed by atoms with Gasteiger partial charge in [0.2, 0.25) is 5.91 Å². The van der Waals surface area contributed by atoms with Crippen LogP contribution in [0, 0.1) is 6.92 Å². The fraction of sp³-hybridized carbons (Fsp3) is 0.588. The number of methoxy groups -OCH3 is 1. The third-order valence-corrected chi connectivity index (χ3v) is 4.10. The van der Waals surface area contributed by atoms with Gasteiger partial charge in [0, 0.05) is 37.7 Å². The van der Waals surface area contributed by atoms with Crippen molar-refractivity contribution >= 4 is 5.91 Å². The van der Waals surface area contributed by atoms with E-state index < -0.39 is 0 Å². The van der Waals surface area contributed by atoms with Crippen LogP contribution in [0.1, 0.15) is 43.4 Å². The number of nitrogens with zero attached hydrogens (tertiary/aromatic N) is 1. The lowest BCUT2D eigenvalue weighted by Gasteiger charge is -2.19. The minimum atomic E-state index is 0.173. The molecule has 116 valence electrons. The van der Waals surface area contributed by atoms with Crippen molar-refractivity contribution in [2.45, 2.75) is 39.2 Å². The zero-order chi connectivity index (χ0) is 15.2. The van der Waals surface area contributed by atoms with Crippen LogP contribution in [0.15, 0.2) is 18.2 Å². The third-order valence-electron chi connectivity index (χ3n) is 4.10. The summed E-state index contributed by atoms with van der Waals surface area (Å²) in [4.78, 5) is 14.0. The summed E-state index contributed by atoms with van der Waals surface area (Å²) in [6.45, 7) is 6.72. The molecule has 1 unspecified atom stereocenters. The van der Waals surface area contributed by atoms with Crippen molar-refractivity contribution < 1.29 is 9.53 Å². The smallest absolute Gasteiger partial charge is 0.223 e. The maximum Gasteiger partial charge on any atom is 0.223 e. The number of hydrogen-bond acceptors (Lipinski definition) is 3. The fourth-order valence-corrected chi connectivity index (χ4v) is 2.81. The normalized spacial score (nSPS) is 16.0. The maximum atomic E-state index is 12.0. The minimum absolute atomic E-state index is 0.173. The maximum absolute atomic E-state index is 12.0. The molecule has 1 atom stereocenters. The predicted molar refractivity (Wildman–Crippen MR) is 84.6 cm³/mol. The molecule has 1 aromatic carbocycles. The molecule has 1 aliphatic rings. The number of benzene rings is 1. The van der Waals surface area contributed by atoms with Gasteiger partial charge in [0.15, 0.2) is 0 Å². The number of ether oxygens (including phenoxy) is 1. The summed E-state index contributed by atoms with van der Waals surface area (Å²) >= 11 is 0. The van der Waals surface area contributed by atoms with Gasteiger partial charge in [0.1, 0.15) is 5.75 Å². The van der Waals surface area contributed by atoms with Crippen molar-refractivity contribution in [2.75, 3.05) is 26.7 Å². The Bertz CT molecular complexity index is 482. The van der Waals surface area contributed by atoms with Gasteiger partial charge in [-0.25, -0.2) is 0 Å². The predicted octanol–water partition coefficient (Wildman–Crippen LogP) is 2.67. The second kappa shape index (κ2) is 7.46. The van der Waals surface area contributed by atoms with Crippen LogP contribution in [0.4, 0.5) is 0 Å². The molecule has 21 heavy (non-hydrogen) atoms. The van der Waals surface area contributed by atoms with Crippen LogP contribution >= 0.6 is 0 Å². The van der Waals surface area contributed by atoms with Gasteiger partial charge >= 0.3 is 0 Å². The number of hydrogen-bond donors (Lipinski definition) is 1. The molecule has 4 nitrogen and oxygen atoms in total. The molecule has 2 rings (SSSR count). The average molecular weight is 290 g/mol. The first-order valence-corrected chi connectivity index (χ1v) is 7.77. The quantitative estimate of drug-likeness (QED) is 0.876. The third kappa shape index (κ3) is 4.21. The number of rotatable bonds is 6. The summed E-state index contributed by atoms with van der Waals surface area (Å²) in [5.41, 5.74) is 2.32. The van der Waals surface area contributed by atoms with E-state index in [0.29, 0.717) is 13.0 Å². The summed E-state index contributed by atoms with van der Waals surface area (Å²) in [5.74, 6) is 1.17. The highest BCUT2D eigenvalue weighted by atomic mass is 16.5. The van der Waals surface area contributed by atoms with E-state index in [-0.39, 0.29) is 11.9 Å². The van der Waals surface area contributed by atoms with Crippen molar-refractivity contribution in [2.24, 2.45) is 0 Å². The lowest BCUT2D eigenvalue weighted by atomic mass is 10.0. The van der Waals surface area contributed by atoms with E-state index in [9.17, 15) is 4.79 Å². The topological polar surface area (TPSA) is 41.6 Å². The number of carbonyl (C=O) groups is 1. The Labute approximate surface area is 127 Å². The zero-order valence-corrected chi connectivity index (χ0v) is 13.3. The lowest BCUT2D eigenvalue weighted by Crippen LogP contribution is -2.31. The largest absolute Gasteiger partial charge is 0.496 e. The zero-order valence-electron chi connectivity index (χ0n) is 13.3. The van der Waals surface area contributed by atoms with E-state index in [1.165, 1.54) is 5.56 Å². The fourth-order valence-electron chi connectivity index (χ4n) is 2.81. The van der Waals surface area contributed by atoms with E-state index in [2.05, 4.69) is 31.3 Å². The summed E-state index contributed by atoms with van der Waals surface area (Å²) in [7, 11) is 1.70. The van der Waals surface area contributed by atoms with Crippen molar-refractivity contribution in [1.82, 2.24) is 10.2 Å². The Balaban J connectivity index is 1.84. The molecule has 0 spiro atoms. The SMILES string of the molecule is COc1cc(C)ccc1C(C)NCCC(=O)N1CCCC1. The molecule has 1 amide bonds. The number of amides is 1. The van der Waals surface area contributed by atoms with E-state index in [1.807, 2.05) is 11.0 Å². The van der Waals surface area contributed by atoms with Crippen molar-refractivity contribution in [1.29, 1.82) is 0 Å². The molecule has 0 aromatic heterocycles. The molecule has 1 N–H and O–H groups in total. The molecule has 0 bridgehead atoms.